The van der Waals surface area contributed by atoms with Gasteiger partial charge in [0.1, 0.15) is 0 Å². The number of hydrogen-bond donors (Lipinski definition) is 2. The third-order valence-electron chi connectivity index (χ3n) is 3.03. The Morgan fingerprint density at radius 3 is 2.47 bits per heavy atom. The number of aromatic amines is 1. The molecule has 88 valence electrons. The molecular weight excluding hydrogens is 212 g/mol. The molecule has 3 nitrogen and oxygen atoms in total. The van der Waals surface area contributed by atoms with Crippen molar-refractivity contribution in [3.05, 3.63) is 57.4 Å². The van der Waals surface area contributed by atoms with Gasteiger partial charge >= 0.3 is 0 Å². The number of hydrogen-bond acceptors (Lipinski definition) is 2. The molecule has 0 amide bonds. The lowest BCUT2D eigenvalue weighted by Crippen LogP contribution is -2.15. The van der Waals surface area contributed by atoms with E-state index in [2.05, 4.69) is 31.0 Å². The van der Waals surface area contributed by atoms with E-state index in [0.717, 1.165) is 11.3 Å². The average Bonchev–Trinajstić information content (AvgIpc) is 2.32. The Morgan fingerprint density at radius 2 is 1.88 bits per heavy atom. The van der Waals surface area contributed by atoms with Crippen molar-refractivity contribution in [2.45, 2.75) is 20.4 Å². The summed E-state index contributed by atoms with van der Waals surface area (Å²) in [7, 11) is 0. The predicted molar refractivity (Wildman–Crippen MR) is 69.9 cm³/mol. The van der Waals surface area contributed by atoms with Crippen molar-refractivity contribution in [2.24, 2.45) is 5.73 Å². The van der Waals surface area contributed by atoms with Crippen LogP contribution in [0.25, 0.3) is 11.3 Å². The Bertz CT molecular complexity index is 599. The zero-order valence-electron chi connectivity index (χ0n) is 10.1. The lowest BCUT2D eigenvalue weighted by atomic mass is 10.0. The van der Waals surface area contributed by atoms with E-state index in [-0.39, 0.29) is 12.1 Å². The topological polar surface area (TPSA) is 58.9 Å². The average molecular weight is 228 g/mol. The first-order valence-corrected chi connectivity index (χ1v) is 5.61. The van der Waals surface area contributed by atoms with Gasteiger partial charge in [-0.2, -0.15) is 0 Å². The monoisotopic (exact) mass is 228 g/mol. The minimum Gasteiger partial charge on any atom is -0.326 e. The van der Waals surface area contributed by atoms with Gasteiger partial charge in [-0.3, -0.25) is 4.79 Å². The van der Waals surface area contributed by atoms with E-state index in [1.807, 2.05) is 12.1 Å². The van der Waals surface area contributed by atoms with Crippen molar-refractivity contribution in [3.63, 3.8) is 0 Å². The summed E-state index contributed by atoms with van der Waals surface area (Å²) in [4.78, 5) is 14.5. The van der Waals surface area contributed by atoms with Crippen LogP contribution in [-0.2, 0) is 6.54 Å². The molecule has 3 N–H and O–H groups in total. The molecule has 0 saturated carbocycles. The van der Waals surface area contributed by atoms with E-state index >= 15 is 0 Å². The summed E-state index contributed by atoms with van der Waals surface area (Å²) in [5, 5.41) is 0. The largest absolute Gasteiger partial charge is 0.326 e. The molecule has 2 rings (SSSR count). The summed E-state index contributed by atoms with van der Waals surface area (Å²) in [5.41, 5.74) is 10.3. The second-order valence-electron chi connectivity index (χ2n) is 4.23. The molecule has 1 aromatic carbocycles. The standard InChI is InChI=1S/C14H16N2O/c1-9-3-4-11(7-10(9)2)13-6-5-12(8-15)14(17)16-13/h3-7H,8,15H2,1-2H3,(H,16,17). The first-order valence-electron chi connectivity index (χ1n) is 5.61. The summed E-state index contributed by atoms with van der Waals surface area (Å²) in [6, 6.07) is 9.81. The van der Waals surface area contributed by atoms with Crippen LogP contribution in [-0.4, -0.2) is 4.98 Å². The molecule has 0 radical (unpaired) electrons. The Kier molecular flexibility index (Phi) is 3.11. The van der Waals surface area contributed by atoms with Crippen molar-refractivity contribution in [2.75, 3.05) is 0 Å². The van der Waals surface area contributed by atoms with Crippen LogP contribution in [0.2, 0.25) is 0 Å². The van der Waals surface area contributed by atoms with Gasteiger partial charge in [-0.05, 0) is 42.7 Å². The molecule has 3 heteroatoms. The third-order valence-corrected chi connectivity index (χ3v) is 3.03. The van der Waals surface area contributed by atoms with Crippen molar-refractivity contribution in [1.82, 2.24) is 4.98 Å². The predicted octanol–water partition coefficient (Wildman–Crippen LogP) is 2.12. The fourth-order valence-corrected chi connectivity index (χ4v) is 1.74. The van der Waals surface area contributed by atoms with Crippen molar-refractivity contribution >= 4 is 0 Å². The van der Waals surface area contributed by atoms with Crippen LogP contribution < -0.4 is 11.3 Å². The first-order chi connectivity index (χ1) is 8.11. The number of nitrogens with two attached hydrogens (primary N) is 1. The first kappa shape index (κ1) is 11.6. The molecule has 0 aliphatic carbocycles. The van der Waals surface area contributed by atoms with Crippen LogP contribution in [0.1, 0.15) is 16.7 Å². The summed E-state index contributed by atoms with van der Waals surface area (Å²) < 4.78 is 0. The maximum Gasteiger partial charge on any atom is 0.252 e. The highest BCUT2D eigenvalue weighted by atomic mass is 16.1. The minimum atomic E-state index is -0.108. The van der Waals surface area contributed by atoms with Crippen LogP contribution >= 0.6 is 0 Å². The quantitative estimate of drug-likeness (QED) is 0.827. The van der Waals surface area contributed by atoms with E-state index in [1.165, 1.54) is 11.1 Å². The van der Waals surface area contributed by atoms with Crippen LogP contribution in [0, 0.1) is 13.8 Å². The lowest BCUT2D eigenvalue weighted by Gasteiger charge is -2.06. The molecule has 0 aliphatic rings. The van der Waals surface area contributed by atoms with E-state index in [9.17, 15) is 4.79 Å². The number of pyridine rings is 1. The van der Waals surface area contributed by atoms with E-state index in [0.29, 0.717) is 5.56 Å². The Hall–Kier alpha value is -1.87. The molecule has 1 heterocycles. The summed E-state index contributed by atoms with van der Waals surface area (Å²) in [6.45, 7) is 4.40. The molecule has 0 spiro atoms. The highest BCUT2D eigenvalue weighted by Gasteiger charge is 2.03. The Balaban J connectivity index is 2.50. The van der Waals surface area contributed by atoms with E-state index in [4.69, 9.17) is 5.73 Å². The summed E-state index contributed by atoms with van der Waals surface area (Å²) in [5.74, 6) is 0. The van der Waals surface area contributed by atoms with Gasteiger partial charge in [0.15, 0.2) is 0 Å². The van der Waals surface area contributed by atoms with Crippen molar-refractivity contribution in [1.29, 1.82) is 0 Å². The molecule has 0 bridgehead atoms. The molecule has 17 heavy (non-hydrogen) atoms. The number of aryl methyl sites for hydroxylation is 2. The fraction of sp³-hybridized carbons (Fsp3) is 0.214. The smallest absolute Gasteiger partial charge is 0.252 e. The number of H-pyrrole nitrogens is 1. The van der Waals surface area contributed by atoms with Crippen molar-refractivity contribution < 1.29 is 0 Å². The van der Waals surface area contributed by atoms with Crippen LogP contribution in [0.5, 0.6) is 0 Å². The fourth-order valence-electron chi connectivity index (χ4n) is 1.74. The molecule has 0 atom stereocenters. The Morgan fingerprint density at radius 1 is 1.12 bits per heavy atom. The molecule has 0 fully saturated rings. The van der Waals surface area contributed by atoms with Gasteiger partial charge < -0.3 is 10.7 Å². The number of benzene rings is 1. The zero-order chi connectivity index (χ0) is 12.4. The van der Waals surface area contributed by atoms with Gasteiger partial charge in [-0.1, -0.05) is 18.2 Å². The maximum absolute atomic E-state index is 11.7. The molecule has 1 aromatic heterocycles. The molecule has 0 unspecified atom stereocenters. The van der Waals surface area contributed by atoms with Gasteiger partial charge in [0.05, 0.1) is 0 Å². The van der Waals surface area contributed by atoms with Gasteiger partial charge in [-0.15, -0.1) is 0 Å². The molecular formula is C14H16N2O. The van der Waals surface area contributed by atoms with Crippen LogP contribution in [0.4, 0.5) is 0 Å². The van der Waals surface area contributed by atoms with Gasteiger partial charge in [0, 0.05) is 17.8 Å². The van der Waals surface area contributed by atoms with E-state index < -0.39 is 0 Å². The second-order valence-corrected chi connectivity index (χ2v) is 4.23. The number of nitrogens with one attached hydrogen (secondary N) is 1. The van der Waals surface area contributed by atoms with Gasteiger partial charge in [0.25, 0.3) is 5.56 Å². The van der Waals surface area contributed by atoms with Crippen molar-refractivity contribution in [3.8, 4) is 11.3 Å². The molecule has 0 saturated heterocycles. The SMILES string of the molecule is Cc1ccc(-c2ccc(CN)c(=O)[nH]2)cc1C. The van der Waals surface area contributed by atoms with E-state index in [1.54, 1.807) is 6.07 Å². The Labute approximate surface area is 100 Å². The molecule has 2 aromatic rings. The summed E-state index contributed by atoms with van der Waals surface area (Å²) in [6.07, 6.45) is 0. The highest BCUT2D eigenvalue weighted by molar-refractivity contribution is 5.60. The van der Waals surface area contributed by atoms with Gasteiger partial charge in [-0.25, -0.2) is 0 Å². The number of rotatable bonds is 2. The maximum atomic E-state index is 11.7. The van der Waals surface area contributed by atoms with Crippen LogP contribution in [0.3, 0.4) is 0 Å². The minimum absolute atomic E-state index is 0.108. The summed E-state index contributed by atoms with van der Waals surface area (Å²) >= 11 is 0. The normalized spacial score (nSPS) is 10.5. The lowest BCUT2D eigenvalue weighted by molar-refractivity contribution is 1.02. The third kappa shape index (κ3) is 2.29. The second kappa shape index (κ2) is 4.55. The zero-order valence-corrected chi connectivity index (χ0v) is 10.1. The molecule has 0 aliphatic heterocycles. The van der Waals surface area contributed by atoms with Gasteiger partial charge in [0.2, 0.25) is 0 Å². The van der Waals surface area contributed by atoms with Crippen LogP contribution in [0.15, 0.2) is 35.1 Å². The highest BCUT2D eigenvalue weighted by Crippen LogP contribution is 2.19. The number of aromatic nitrogens is 1.